The van der Waals surface area contributed by atoms with Gasteiger partial charge in [-0.2, -0.15) is 0 Å². The number of ether oxygens (including phenoxy) is 1. The Morgan fingerprint density at radius 1 is 1.35 bits per heavy atom. The van der Waals surface area contributed by atoms with Gasteiger partial charge >= 0.3 is 0 Å². The molecule has 4 nitrogen and oxygen atoms in total. The lowest BCUT2D eigenvalue weighted by molar-refractivity contribution is 0.0529. The number of aliphatic imine (C=N–C) groups is 1. The Bertz CT molecular complexity index is 403. The summed E-state index contributed by atoms with van der Waals surface area (Å²) in [5, 5.41) is 0. The minimum absolute atomic E-state index is 0.215. The van der Waals surface area contributed by atoms with E-state index in [-0.39, 0.29) is 6.04 Å². The summed E-state index contributed by atoms with van der Waals surface area (Å²) >= 11 is 1.88. The molecule has 0 aromatic rings. The molecule has 2 N–H and O–H groups in total. The number of rotatable bonds is 10. The van der Waals surface area contributed by atoms with Crippen molar-refractivity contribution < 1.29 is 4.74 Å². The molecule has 0 bridgehead atoms. The van der Waals surface area contributed by atoms with Crippen LogP contribution in [0.4, 0.5) is 0 Å². The highest BCUT2D eigenvalue weighted by Crippen LogP contribution is 2.29. The highest BCUT2D eigenvalue weighted by Gasteiger charge is 2.18. The fraction of sp³-hybridized carbons (Fsp3) is 0.722. The molecule has 1 unspecified atom stereocenters. The summed E-state index contributed by atoms with van der Waals surface area (Å²) < 4.78 is 5.43. The van der Waals surface area contributed by atoms with Crippen molar-refractivity contribution in [3.63, 3.8) is 0 Å². The van der Waals surface area contributed by atoms with E-state index in [1.165, 1.54) is 4.91 Å². The van der Waals surface area contributed by atoms with Crippen molar-refractivity contribution in [1.82, 2.24) is 4.90 Å². The van der Waals surface area contributed by atoms with Crippen LogP contribution in [-0.2, 0) is 4.74 Å². The summed E-state index contributed by atoms with van der Waals surface area (Å²) in [4.78, 5) is 7.90. The largest absolute Gasteiger partial charge is 0.378 e. The van der Waals surface area contributed by atoms with Crippen molar-refractivity contribution in [2.24, 2.45) is 16.6 Å². The monoisotopic (exact) mass is 339 g/mol. The zero-order valence-electron chi connectivity index (χ0n) is 15.0. The Balaban J connectivity index is 2.60. The Kier molecular flexibility index (Phi) is 10.3. The van der Waals surface area contributed by atoms with Gasteiger partial charge in [-0.25, -0.2) is 4.99 Å². The highest BCUT2D eigenvalue weighted by molar-refractivity contribution is 8.03. The Hall–Kier alpha value is -0.780. The SMILES string of the molecule is C=N/C(=C(\CC)SCC(C)[C@H](N)C/C=C\CC)N1CCOCC1. The number of hydrogen-bond acceptors (Lipinski definition) is 5. The predicted molar refractivity (Wildman–Crippen MR) is 103 cm³/mol. The minimum Gasteiger partial charge on any atom is -0.378 e. The maximum atomic E-state index is 6.29. The average molecular weight is 340 g/mol. The molecule has 5 heteroatoms. The van der Waals surface area contributed by atoms with Crippen LogP contribution in [0.15, 0.2) is 27.9 Å². The van der Waals surface area contributed by atoms with Crippen molar-refractivity contribution in [3.8, 4) is 0 Å². The molecule has 0 aliphatic carbocycles. The van der Waals surface area contributed by atoms with E-state index in [1.807, 2.05) is 11.8 Å². The maximum Gasteiger partial charge on any atom is 0.137 e. The van der Waals surface area contributed by atoms with Crippen LogP contribution in [0.2, 0.25) is 0 Å². The van der Waals surface area contributed by atoms with E-state index in [0.29, 0.717) is 5.92 Å². The molecule has 23 heavy (non-hydrogen) atoms. The van der Waals surface area contributed by atoms with Gasteiger partial charge in [-0.3, -0.25) is 0 Å². The molecule has 0 aromatic carbocycles. The number of nitrogens with two attached hydrogens (primary N) is 1. The number of nitrogens with zero attached hydrogens (tertiary/aromatic N) is 2. The molecule has 1 aliphatic rings. The standard InChI is InChI=1S/C18H33N3OS/c1-5-7-8-9-16(19)15(3)14-23-17(6-2)18(20-4)21-10-12-22-13-11-21/h7-8,15-16H,4-6,9-14,19H2,1-3H3/b8-7-,18-17-/t15?,16-/m1/s1. The molecule has 1 rings (SSSR count). The number of allylic oxidation sites excluding steroid dienone is 2. The molecule has 0 amide bonds. The van der Waals surface area contributed by atoms with Crippen molar-refractivity contribution >= 4 is 18.5 Å². The Morgan fingerprint density at radius 3 is 2.61 bits per heavy atom. The molecule has 132 valence electrons. The highest BCUT2D eigenvalue weighted by atomic mass is 32.2. The van der Waals surface area contributed by atoms with Crippen LogP contribution < -0.4 is 5.73 Å². The smallest absolute Gasteiger partial charge is 0.137 e. The molecular formula is C18H33N3OS. The van der Waals surface area contributed by atoms with Crippen molar-refractivity contribution in [2.45, 2.75) is 46.1 Å². The van der Waals surface area contributed by atoms with Gasteiger partial charge in [0.15, 0.2) is 0 Å². The summed E-state index contributed by atoms with van der Waals surface area (Å²) in [6.07, 6.45) is 7.40. The first kappa shape index (κ1) is 20.3. The van der Waals surface area contributed by atoms with Gasteiger partial charge in [0.25, 0.3) is 0 Å². The molecule has 1 fully saturated rings. The van der Waals surface area contributed by atoms with E-state index in [0.717, 1.165) is 57.1 Å². The number of hydrogen-bond donors (Lipinski definition) is 1. The van der Waals surface area contributed by atoms with Gasteiger partial charge in [0.05, 0.1) is 13.2 Å². The van der Waals surface area contributed by atoms with E-state index >= 15 is 0 Å². The molecule has 0 radical (unpaired) electrons. The quantitative estimate of drug-likeness (QED) is 0.487. The van der Waals surface area contributed by atoms with Crippen LogP contribution in [0.1, 0.15) is 40.0 Å². The molecule has 0 saturated carbocycles. The van der Waals surface area contributed by atoms with E-state index in [9.17, 15) is 0 Å². The topological polar surface area (TPSA) is 50.8 Å². The lowest BCUT2D eigenvalue weighted by Crippen LogP contribution is -2.35. The molecule has 1 aliphatic heterocycles. The second-order valence-electron chi connectivity index (χ2n) is 5.93. The number of morpholine rings is 1. The Morgan fingerprint density at radius 2 is 2.04 bits per heavy atom. The normalized spacial score (nSPS) is 19.6. The van der Waals surface area contributed by atoms with E-state index in [2.05, 4.69) is 49.5 Å². The fourth-order valence-electron chi connectivity index (χ4n) is 2.47. The van der Waals surface area contributed by atoms with Crippen LogP contribution >= 0.6 is 11.8 Å². The second kappa shape index (κ2) is 11.7. The third-order valence-electron chi connectivity index (χ3n) is 4.09. The van der Waals surface area contributed by atoms with Gasteiger partial charge in [-0.1, -0.05) is 32.9 Å². The van der Waals surface area contributed by atoms with Gasteiger partial charge in [-0.15, -0.1) is 11.8 Å². The molecule has 1 heterocycles. The van der Waals surface area contributed by atoms with Crippen LogP contribution in [-0.4, -0.2) is 49.7 Å². The van der Waals surface area contributed by atoms with Crippen LogP contribution in [0.25, 0.3) is 0 Å². The first-order chi connectivity index (χ1) is 11.1. The first-order valence-corrected chi connectivity index (χ1v) is 9.68. The van der Waals surface area contributed by atoms with E-state index in [4.69, 9.17) is 10.5 Å². The second-order valence-corrected chi connectivity index (χ2v) is 7.04. The van der Waals surface area contributed by atoms with Gasteiger partial charge in [0.2, 0.25) is 0 Å². The van der Waals surface area contributed by atoms with Crippen molar-refractivity contribution in [3.05, 3.63) is 22.9 Å². The molecule has 0 spiro atoms. The van der Waals surface area contributed by atoms with E-state index in [1.54, 1.807) is 0 Å². The Labute approximate surface area is 146 Å². The zero-order chi connectivity index (χ0) is 17.1. The maximum absolute atomic E-state index is 6.29. The van der Waals surface area contributed by atoms with Crippen LogP contribution in [0.3, 0.4) is 0 Å². The lowest BCUT2D eigenvalue weighted by atomic mass is 10.0. The summed E-state index contributed by atoms with van der Waals surface area (Å²) in [5.74, 6) is 2.53. The summed E-state index contributed by atoms with van der Waals surface area (Å²) in [7, 11) is 0. The van der Waals surface area contributed by atoms with Gasteiger partial charge in [0, 0.05) is 29.8 Å². The van der Waals surface area contributed by atoms with Gasteiger partial charge in [0.1, 0.15) is 5.82 Å². The summed E-state index contributed by atoms with van der Waals surface area (Å²) in [6.45, 7) is 13.7. The van der Waals surface area contributed by atoms with Crippen LogP contribution in [0, 0.1) is 5.92 Å². The average Bonchev–Trinajstić information content (AvgIpc) is 2.59. The summed E-state index contributed by atoms with van der Waals surface area (Å²) in [6, 6.07) is 0.215. The fourth-order valence-corrected chi connectivity index (χ4v) is 3.71. The summed E-state index contributed by atoms with van der Waals surface area (Å²) in [5.41, 5.74) is 6.29. The first-order valence-electron chi connectivity index (χ1n) is 8.69. The third kappa shape index (κ3) is 7.10. The third-order valence-corrected chi connectivity index (χ3v) is 5.61. The zero-order valence-corrected chi connectivity index (χ0v) is 15.8. The van der Waals surface area contributed by atoms with Gasteiger partial charge in [-0.05, 0) is 31.9 Å². The molecule has 2 atom stereocenters. The molecule has 0 aromatic heterocycles. The van der Waals surface area contributed by atoms with Crippen molar-refractivity contribution in [1.29, 1.82) is 0 Å². The van der Waals surface area contributed by atoms with Crippen molar-refractivity contribution in [2.75, 3.05) is 32.1 Å². The molecular weight excluding hydrogens is 306 g/mol. The minimum atomic E-state index is 0.215. The number of thioether (sulfide) groups is 1. The molecule has 1 saturated heterocycles. The van der Waals surface area contributed by atoms with Gasteiger partial charge < -0.3 is 15.4 Å². The van der Waals surface area contributed by atoms with E-state index < -0.39 is 0 Å². The predicted octanol–water partition coefficient (Wildman–Crippen LogP) is 3.65. The van der Waals surface area contributed by atoms with Crippen LogP contribution in [0.5, 0.6) is 0 Å². The lowest BCUT2D eigenvalue weighted by Gasteiger charge is -2.30.